The Bertz CT molecular complexity index is 235. The first-order valence-corrected chi connectivity index (χ1v) is 3.62. The highest BCUT2D eigenvalue weighted by Gasteiger charge is 2.03. The first-order valence-electron chi connectivity index (χ1n) is 3.62. The van der Waals surface area contributed by atoms with Gasteiger partial charge in [-0.15, -0.1) is 0 Å². The molecule has 0 aliphatic heterocycles. The standard InChI is InChI=1S/C8H12N2O/c1-10(2)6-7-8(11)4-3-5-9-7/h3-5,11H,6H2,1-2H3/p+1. The van der Waals surface area contributed by atoms with Crippen LogP contribution < -0.4 is 4.90 Å². The van der Waals surface area contributed by atoms with Crippen LogP contribution in [0, 0.1) is 0 Å². The molecule has 0 atom stereocenters. The zero-order valence-electron chi connectivity index (χ0n) is 6.83. The zero-order chi connectivity index (χ0) is 8.27. The molecule has 1 aromatic heterocycles. The molecule has 0 aromatic carbocycles. The van der Waals surface area contributed by atoms with Gasteiger partial charge >= 0.3 is 0 Å². The van der Waals surface area contributed by atoms with Crippen LogP contribution in [-0.2, 0) is 6.54 Å². The van der Waals surface area contributed by atoms with Gasteiger partial charge in [-0.25, -0.2) is 0 Å². The van der Waals surface area contributed by atoms with Crippen LogP contribution in [0.3, 0.4) is 0 Å². The van der Waals surface area contributed by atoms with Gasteiger partial charge in [-0.1, -0.05) is 0 Å². The molecule has 0 aliphatic carbocycles. The molecule has 0 unspecified atom stereocenters. The Hall–Kier alpha value is -1.09. The highest BCUT2D eigenvalue weighted by atomic mass is 16.3. The van der Waals surface area contributed by atoms with E-state index in [1.54, 1.807) is 18.3 Å². The molecular weight excluding hydrogens is 140 g/mol. The average molecular weight is 153 g/mol. The van der Waals surface area contributed by atoms with E-state index >= 15 is 0 Å². The van der Waals surface area contributed by atoms with Gasteiger partial charge in [0, 0.05) is 6.20 Å². The van der Waals surface area contributed by atoms with Crippen LogP contribution in [0.1, 0.15) is 5.69 Å². The molecule has 60 valence electrons. The van der Waals surface area contributed by atoms with E-state index in [2.05, 4.69) is 4.98 Å². The normalized spacial score (nSPS) is 10.5. The van der Waals surface area contributed by atoms with Crippen molar-refractivity contribution < 1.29 is 10.0 Å². The largest absolute Gasteiger partial charge is 0.506 e. The minimum Gasteiger partial charge on any atom is -0.506 e. The van der Waals surface area contributed by atoms with E-state index in [0.29, 0.717) is 0 Å². The zero-order valence-corrected chi connectivity index (χ0v) is 6.83. The molecule has 0 aliphatic rings. The van der Waals surface area contributed by atoms with Gasteiger partial charge in [0.2, 0.25) is 0 Å². The predicted octanol–water partition coefficient (Wildman–Crippen LogP) is -0.568. The Kier molecular flexibility index (Phi) is 2.44. The number of quaternary nitrogens is 1. The van der Waals surface area contributed by atoms with Crippen molar-refractivity contribution >= 4 is 0 Å². The summed E-state index contributed by atoms with van der Waals surface area (Å²) < 4.78 is 0. The molecule has 0 amide bonds. The lowest BCUT2D eigenvalue weighted by Crippen LogP contribution is -3.04. The van der Waals surface area contributed by atoms with Crippen LogP contribution in [0.15, 0.2) is 18.3 Å². The smallest absolute Gasteiger partial charge is 0.142 e. The maximum absolute atomic E-state index is 9.28. The van der Waals surface area contributed by atoms with Crippen molar-refractivity contribution in [3.63, 3.8) is 0 Å². The number of pyridine rings is 1. The molecule has 1 rings (SSSR count). The number of aromatic nitrogens is 1. The van der Waals surface area contributed by atoms with Crippen molar-refractivity contribution in [3.8, 4) is 5.75 Å². The van der Waals surface area contributed by atoms with Crippen molar-refractivity contribution in [1.82, 2.24) is 4.98 Å². The van der Waals surface area contributed by atoms with Gasteiger partial charge in [0.25, 0.3) is 0 Å². The van der Waals surface area contributed by atoms with E-state index in [9.17, 15) is 5.11 Å². The molecule has 0 saturated carbocycles. The van der Waals surface area contributed by atoms with Gasteiger partial charge in [-0.3, -0.25) is 4.98 Å². The number of rotatable bonds is 2. The first kappa shape index (κ1) is 8.01. The second kappa shape index (κ2) is 3.34. The Balaban J connectivity index is 2.78. The third-order valence-corrected chi connectivity index (χ3v) is 1.39. The minimum atomic E-state index is 0.286. The molecule has 1 heterocycles. The summed E-state index contributed by atoms with van der Waals surface area (Å²) in [6.45, 7) is 0.757. The van der Waals surface area contributed by atoms with E-state index in [1.165, 1.54) is 4.90 Å². The van der Waals surface area contributed by atoms with Crippen molar-refractivity contribution in [2.45, 2.75) is 6.54 Å². The van der Waals surface area contributed by atoms with Crippen molar-refractivity contribution in [1.29, 1.82) is 0 Å². The summed E-state index contributed by atoms with van der Waals surface area (Å²) in [6.07, 6.45) is 1.69. The van der Waals surface area contributed by atoms with Crippen LogP contribution in [0.25, 0.3) is 0 Å². The lowest BCUT2D eigenvalue weighted by atomic mass is 10.3. The lowest BCUT2D eigenvalue weighted by Gasteiger charge is -2.06. The fraction of sp³-hybridized carbons (Fsp3) is 0.375. The molecule has 0 spiro atoms. The predicted molar refractivity (Wildman–Crippen MR) is 42.4 cm³/mol. The van der Waals surface area contributed by atoms with Crippen molar-refractivity contribution in [2.24, 2.45) is 0 Å². The third-order valence-electron chi connectivity index (χ3n) is 1.39. The minimum absolute atomic E-state index is 0.286. The number of nitrogens with zero attached hydrogens (tertiary/aromatic N) is 1. The van der Waals surface area contributed by atoms with E-state index in [4.69, 9.17) is 0 Å². The number of nitrogens with one attached hydrogen (secondary N) is 1. The Morgan fingerprint density at radius 2 is 2.27 bits per heavy atom. The topological polar surface area (TPSA) is 37.6 Å². The van der Waals surface area contributed by atoms with Gasteiger partial charge in [-0.05, 0) is 12.1 Å². The summed E-state index contributed by atoms with van der Waals surface area (Å²) in [6, 6.07) is 3.38. The average Bonchev–Trinajstić information content (AvgIpc) is 1.93. The Morgan fingerprint density at radius 3 is 2.82 bits per heavy atom. The lowest BCUT2D eigenvalue weighted by molar-refractivity contribution is -0.873. The van der Waals surface area contributed by atoms with E-state index in [1.807, 2.05) is 14.1 Å². The second-order valence-electron chi connectivity index (χ2n) is 2.85. The molecule has 0 radical (unpaired) electrons. The van der Waals surface area contributed by atoms with Gasteiger partial charge in [0.05, 0.1) is 14.1 Å². The van der Waals surface area contributed by atoms with Crippen LogP contribution in [-0.4, -0.2) is 24.2 Å². The van der Waals surface area contributed by atoms with Crippen molar-refractivity contribution in [2.75, 3.05) is 14.1 Å². The van der Waals surface area contributed by atoms with E-state index in [-0.39, 0.29) is 5.75 Å². The number of hydrogen-bond acceptors (Lipinski definition) is 2. The molecule has 0 bridgehead atoms. The monoisotopic (exact) mass is 153 g/mol. The molecule has 0 saturated heterocycles. The van der Waals surface area contributed by atoms with Crippen molar-refractivity contribution in [3.05, 3.63) is 24.0 Å². The SMILES string of the molecule is C[NH+](C)Cc1ncccc1O. The van der Waals surface area contributed by atoms with Crippen LogP contribution in [0.4, 0.5) is 0 Å². The Morgan fingerprint density at radius 1 is 1.55 bits per heavy atom. The molecule has 11 heavy (non-hydrogen) atoms. The first-order chi connectivity index (χ1) is 5.20. The number of aromatic hydroxyl groups is 1. The van der Waals surface area contributed by atoms with Crippen LogP contribution in [0.2, 0.25) is 0 Å². The summed E-state index contributed by atoms with van der Waals surface area (Å²) in [7, 11) is 4.04. The maximum atomic E-state index is 9.28. The van der Waals surface area contributed by atoms with Gasteiger partial charge in [0.1, 0.15) is 18.0 Å². The number of hydrogen-bond donors (Lipinski definition) is 2. The highest BCUT2D eigenvalue weighted by Crippen LogP contribution is 2.10. The van der Waals surface area contributed by atoms with E-state index < -0.39 is 0 Å². The summed E-state index contributed by atoms with van der Waals surface area (Å²) >= 11 is 0. The molecule has 2 N–H and O–H groups in total. The van der Waals surface area contributed by atoms with Crippen LogP contribution >= 0.6 is 0 Å². The molecule has 3 nitrogen and oxygen atoms in total. The summed E-state index contributed by atoms with van der Waals surface area (Å²) in [5.41, 5.74) is 0.757. The van der Waals surface area contributed by atoms with Gasteiger partial charge in [0.15, 0.2) is 0 Å². The quantitative estimate of drug-likeness (QED) is 0.597. The molecule has 0 fully saturated rings. The maximum Gasteiger partial charge on any atom is 0.142 e. The fourth-order valence-corrected chi connectivity index (χ4v) is 0.901. The summed E-state index contributed by atoms with van der Waals surface area (Å²) in [4.78, 5) is 5.30. The summed E-state index contributed by atoms with van der Waals surface area (Å²) in [5, 5.41) is 9.28. The fourth-order valence-electron chi connectivity index (χ4n) is 0.901. The van der Waals surface area contributed by atoms with Crippen LogP contribution in [0.5, 0.6) is 5.75 Å². The van der Waals surface area contributed by atoms with Gasteiger partial charge in [-0.2, -0.15) is 0 Å². The third kappa shape index (κ3) is 2.20. The molecular formula is C8H13N2O+. The molecule has 1 aromatic rings. The highest BCUT2D eigenvalue weighted by molar-refractivity contribution is 5.23. The molecule has 3 heteroatoms. The summed E-state index contributed by atoms with van der Waals surface area (Å²) in [5.74, 6) is 0.286. The van der Waals surface area contributed by atoms with E-state index in [0.717, 1.165) is 12.2 Å². The second-order valence-corrected chi connectivity index (χ2v) is 2.85. The van der Waals surface area contributed by atoms with Gasteiger partial charge < -0.3 is 10.0 Å². The Labute approximate surface area is 66.3 Å².